The van der Waals surface area contributed by atoms with Crippen LogP contribution in [0.5, 0.6) is 0 Å². The zero-order chi connectivity index (χ0) is 20.2. The van der Waals surface area contributed by atoms with Crippen LogP contribution in [0.15, 0.2) is 30.1 Å². The van der Waals surface area contributed by atoms with Crippen molar-refractivity contribution in [3.63, 3.8) is 0 Å². The second-order valence-corrected chi connectivity index (χ2v) is 9.41. The summed E-state index contributed by atoms with van der Waals surface area (Å²) >= 11 is 0. The fourth-order valence-corrected chi connectivity index (χ4v) is 6.20. The van der Waals surface area contributed by atoms with Gasteiger partial charge in [-0.1, -0.05) is 18.2 Å². The summed E-state index contributed by atoms with van der Waals surface area (Å²) in [4.78, 5) is 15.8. The lowest BCUT2D eigenvalue weighted by Gasteiger charge is -2.46. The first-order chi connectivity index (χ1) is 14.0. The molecule has 2 N–H and O–H groups in total. The molecule has 1 unspecified atom stereocenters. The van der Waals surface area contributed by atoms with Crippen molar-refractivity contribution in [3.05, 3.63) is 46.8 Å². The second-order valence-electron chi connectivity index (χ2n) is 9.41. The molecule has 156 valence electrons. The summed E-state index contributed by atoms with van der Waals surface area (Å²) in [6.45, 7) is 0.998. The summed E-state index contributed by atoms with van der Waals surface area (Å²) < 4.78 is 10.9. The predicted octanol–water partition coefficient (Wildman–Crippen LogP) is 3.22. The maximum Gasteiger partial charge on any atom is 0.243 e. The maximum absolute atomic E-state index is 14.0. The van der Waals surface area contributed by atoms with Crippen LogP contribution in [0.25, 0.3) is 0 Å². The van der Waals surface area contributed by atoms with E-state index in [1.54, 1.807) is 19.1 Å². The minimum atomic E-state index is -0.635. The Morgan fingerprint density at radius 3 is 2.59 bits per heavy atom. The highest BCUT2D eigenvalue weighted by Crippen LogP contribution is 2.63. The minimum absolute atomic E-state index is 0.101. The molecule has 4 aliphatic rings. The number of methoxy groups -OCH3 is 2. The molecule has 5 rings (SSSR count). The summed E-state index contributed by atoms with van der Waals surface area (Å²) in [5.74, 6) is 1.40. The van der Waals surface area contributed by atoms with Crippen LogP contribution in [0.3, 0.4) is 0 Å². The van der Waals surface area contributed by atoms with Gasteiger partial charge >= 0.3 is 0 Å². The van der Waals surface area contributed by atoms with Crippen molar-refractivity contribution >= 4 is 5.91 Å². The molecule has 1 amide bonds. The number of carbonyl (C=O) groups is 1. The van der Waals surface area contributed by atoms with E-state index in [2.05, 4.69) is 24.3 Å². The second kappa shape index (κ2) is 6.85. The number of carbonyl (C=O) groups excluding carboxylic acids is 1. The summed E-state index contributed by atoms with van der Waals surface area (Å²) in [6.07, 6.45) is 9.86. The zero-order valence-electron chi connectivity index (χ0n) is 17.6. The topological polar surface area (TPSA) is 64.8 Å². The fourth-order valence-electron chi connectivity index (χ4n) is 6.20. The van der Waals surface area contributed by atoms with E-state index in [9.17, 15) is 4.79 Å². The molecule has 5 nitrogen and oxygen atoms in total. The first-order valence-corrected chi connectivity index (χ1v) is 11.0. The van der Waals surface area contributed by atoms with Crippen molar-refractivity contribution in [2.24, 2.45) is 11.1 Å². The lowest BCUT2D eigenvalue weighted by atomic mass is 9.57. The highest BCUT2D eigenvalue weighted by molar-refractivity contribution is 5.97. The van der Waals surface area contributed by atoms with E-state index in [1.165, 1.54) is 29.5 Å². The van der Waals surface area contributed by atoms with Crippen LogP contribution < -0.4 is 5.73 Å². The molecule has 1 atom stereocenters. The summed E-state index contributed by atoms with van der Waals surface area (Å²) in [7, 11) is 3.46. The SMILES string of the molecule is COCCN1C(=O)C2(C=C1N)c1cc(C3CC3)ccc1CC21CCC(OC)CC1. The van der Waals surface area contributed by atoms with Crippen LogP contribution in [0.4, 0.5) is 0 Å². The van der Waals surface area contributed by atoms with Crippen LogP contribution in [0.2, 0.25) is 0 Å². The van der Waals surface area contributed by atoms with Gasteiger partial charge in [-0.2, -0.15) is 0 Å². The largest absolute Gasteiger partial charge is 0.385 e. The average Bonchev–Trinajstić information content (AvgIpc) is 3.50. The van der Waals surface area contributed by atoms with Crippen molar-refractivity contribution in [1.82, 2.24) is 4.90 Å². The Morgan fingerprint density at radius 2 is 1.93 bits per heavy atom. The molecule has 0 saturated heterocycles. The van der Waals surface area contributed by atoms with Crippen molar-refractivity contribution in [1.29, 1.82) is 0 Å². The molecule has 2 fully saturated rings. The monoisotopic (exact) mass is 396 g/mol. The van der Waals surface area contributed by atoms with Gasteiger partial charge in [0, 0.05) is 14.2 Å². The van der Waals surface area contributed by atoms with Crippen LogP contribution in [0, 0.1) is 5.41 Å². The van der Waals surface area contributed by atoms with E-state index in [0.717, 1.165) is 32.1 Å². The van der Waals surface area contributed by atoms with Gasteiger partial charge in [-0.15, -0.1) is 0 Å². The number of nitrogens with zero attached hydrogens (tertiary/aromatic N) is 1. The Hall–Kier alpha value is -1.85. The first kappa shape index (κ1) is 19.1. The van der Waals surface area contributed by atoms with Crippen LogP contribution in [-0.2, 0) is 26.1 Å². The number of ether oxygens (including phenoxy) is 2. The molecular weight excluding hydrogens is 364 g/mol. The van der Waals surface area contributed by atoms with E-state index in [0.29, 0.717) is 31.0 Å². The number of fused-ring (bicyclic) bond motifs is 3. The molecule has 1 heterocycles. The van der Waals surface area contributed by atoms with Crippen LogP contribution >= 0.6 is 0 Å². The molecule has 29 heavy (non-hydrogen) atoms. The van der Waals surface area contributed by atoms with E-state index in [-0.39, 0.29) is 11.3 Å². The van der Waals surface area contributed by atoms with E-state index in [4.69, 9.17) is 15.2 Å². The lowest BCUT2D eigenvalue weighted by molar-refractivity contribution is -0.138. The average molecular weight is 397 g/mol. The van der Waals surface area contributed by atoms with Gasteiger partial charge in [0.1, 0.15) is 11.2 Å². The first-order valence-electron chi connectivity index (χ1n) is 11.0. The van der Waals surface area contributed by atoms with Crippen molar-refractivity contribution in [2.75, 3.05) is 27.4 Å². The third-order valence-corrected chi connectivity index (χ3v) is 7.97. The molecule has 1 aliphatic heterocycles. The van der Waals surface area contributed by atoms with Gasteiger partial charge < -0.3 is 15.2 Å². The van der Waals surface area contributed by atoms with Crippen molar-refractivity contribution in [3.8, 4) is 0 Å². The van der Waals surface area contributed by atoms with E-state index < -0.39 is 5.41 Å². The number of amides is 1. The molecule has 5 heteroatoms. The third-order valence-electron chi connectivity index (χ3n) is 7.97. The standard InChI is InChI=1S/C24H32N2O3/c1-28-12-11-26-21(25)15-24(22(26)27)20-13-17(16-3-4-16)5-6-18(20)14-23(24)9-7-19(29-2)8-10-23/h5-6,13,15-16,19H,3-4,7-12,14,25H2,1-2H3. The van der Waals surface area contributed by atoms with Gasteiger partial charge in [-0.25, -0.2) is 0 Å². The smallest absolute Gasteiger partial charge is 0.243 e. The number of hydrogen-bond donors (Lipinski definition) is 1. The third kappa shape index (κ3) is 2.70. The molecule has 2 saturated carbocycles. The van der Waals surface area contributed by atoms with Crippen LogP contribution in [-0.4, -0.2) is 44.3 Å². The molecule has 2 spiro atoms. The normalized spacial score (nSPS) is 33.6. The Bertz CT molecular complexity index is 852. The van der Waals surface area contributed by atoms with E-state index in [1.807, 2.05) is 0 Å². The highest BCUT2D eigenvalue weighted by Gasteiger charge is 2.64. The number of rotatable bonds is 5. The molecule has 0 bridgehead atoms. The molecular formula is C24H32N2O3. The quantitative estimate of drug-likeness (QED) is 0.830. The molecule has 1 aromatic carbocycles. The Labute approximate surface area is 173 Å². The summed E-state index contributed by atoms with van der Waals surface area (Å²) in [5, 5.41) is 0. The van der Waals surface area contributed by atoms with Crippen molar-refractivity contribution < 1.29 is 14.3 Å². The number of hydrogen-bond acceptors (Lipinski definition) is 4. The van der Waals surface area contributed by atoms with E-state index >= 15 is 0 Å². The van der Waals surface area contributed by atoms with Crippen LogP contribution in [0.1, 0.15) is 61.1 Å². The number of benzene rings is 1. The maximum atomic E-state index is 14.0. The van der Waals surface area contributed by atoms with Gasteiger partial charge in [-0.05, 0) is 79.0 Å². The molecule has 0 radical (unpaired) electrons. The lowest BCUT2D eigenvalue weighted by Crippen LogP contribution is -2.52. The summed E-state index contributed by atoms with van der Waals surface area (Å²) in [6, 6.07) is 6.92. The fraction of sp³-hybridized carbons (Fsp3) is 0.625. The zero-order valence-corrected chi connectivity index (χ0v) is 17.6. The molecule has 3 aliphatic carbocycles. The van der Waals surface area contributed by atoms with Gasteiger partial charge in [0.15, 0.2) is 0 Å². The summed E-state index contributed by atoms with van der Waals surface area (Å²) in [5.41, 5.74) is 9.66. The molecule has 1 aromatic rings. The van der Waals surface area contributed by atoms with Gasteiger partial charge in [0.2, 0.25) is 5.91 Å². The minimum Gasteiger partial charge on any atom is -0.385 e. The van der Waals surface area contributed by atoms with Gasteiger partial charge in [-0.3, -0.25) is 9.69 Å². The predicted molar refractivity (Wildman–Crippen MR) is 111 cm³/mol. The Kier molecular flexibility index (Phi) is 4.52. The Balaban J connectivity index is 1.61. The van der Waals surface area contributed by atoms with Crippen molar-refractivity contribution in [2.45, 2.75) is 62.4 Å². The highest BCUT2D eigenvalue weighted by atomic mass is 16.5. The Morgan fingerprint density at radius 1 is 1.17 bits per heavy atom. The van der Waals surface area contributed by atoms with Gasteiger partial charge in [0.05, 0.1) is 19.3 Å². The van der Waals surface area contributed by atoms with Gasteiger partial charge in [0.25, 0.3) is 0 Å². The molecule has 0 aromatic heterocycles. The number of nitrogens with two attached hydrogens (primary N) is 1.